The zero-order chi connectivity index (χ0) is 37.9. The second kappa shape index (κ2) is 13.1. The summed E-state index contributed by atoms with van der Waals surface area (Å²) in [5.74, 6) is -1.73. The number of nitrogens with zero attached hydrogens (tertiary/aromatic N) is 4. The fourth-order valence-corrected chi connectivity index (χ4v) is 6.92. The number of carbonyl (C=O) groups excluding carboxylic acids is 3. The number of hydrogen-bond acceptors (Lipinski definition) is 5. The number of rotatable bonds is 7. The van der Waals surface area contributed by atoms with Crippen LogP contribution in [-0.4, -0.2) is 53.8 Å². The summed E-state index contributed by atoms with van der Waals surface area (Å²) in [5, 5.41) is 0. The van der Waals surface area contributed by atoms with Crippen LogP contribution in [0.15, 0.2) is 72.9 Å². The molecule has 3 aromatic carbocycles. The van der Waals surface area contributed by atoms with Crippen molar-refractivity contribution in [3.8, 4) is 11.1 Å². The Morgan fingerprint density at radius 1 is 0.827 bits per heavy atom. The van der Waals surface area contributed by atoms with Crippen LogP contribution in [0, 0.1) is 12.7 Å². The summed E-state index contributed by atoms with van der Waals surface area (Å²) in [6.07, 6.45) is -7.51. The average molecular weight is 727 g/mol. The van der Waals surface area contributed by atoms with Crippen molar-refractivity contribution in [1.82, 2.24) is 9.88 Å². The van der Waals surface area contributed by atoms with Crippen molar-refractivity contribution in [2.75, 3.05) is 29.9 Å². The van der Waals surface area contributed by atoms with Gasteiger partial charge in [0.15, 0.2) is 0 Å². The minimum absolute atomic E-state index is 0.00578. The van der Waals surface area contributed by atoms with Crippen molar-refractivity contribution >= 4 is 29.2 Å². The summed E-state index contributed by atoms with van der Waals surface area (Å²) in [7, 11) is 1.34. The summed E-state index contributed by atoms with van der Waals surface area (Å²) in [5.41, 5.74) is -3.31. The molecule has 1 unspecified atom stereocenters. The van der Waals surface area contributed by atoms with Crippen LogP contribution in [0.3, 0.4) is 0 Å². The zero-order valence-electron chi connectivity index (χ0n) is 28.5. The number of aromatic nitrogens is 1. The van der Waals surface area contributed by atoms with Gasteiger partial charge >= 0.3 is 12.4 Å². The number of fused-ring (bicyclic) bond motifs is 1. The molecular weight excluding hydrogens is 693 g/mol. The number of benzene rings is 3. The summed E-state index contributed by atoms with van der Waals surface area (Å²) < 4.78 is 96.6. The third-order valence-corrected chi connectivity index (χ3v) is 9.80. The second-order valence-electron chi connectivity index (χ2n) is 13.6. The molecule has 1 aromatic heterocycles. The molecule has 272 valence electrons. The van der Waals surface area contributed by atoms with Crippen molar-refractivity contribution in [2.24, 2.45) is 0 Å². The predicted octanol–water partition coefficient (Wildman–Crippen LogP) is 8.44. The van der Waals surface area contributed by atoms with Gasteiger partial charge in [-0.1, -0.05) is 18.2 Å². The van der Waals surface area contributed by atoms with E-state index in [1.54, 1.807) is 37.3 Å². The van der Waals surface area contributed by atoms with E-state index in [4.69, 9.17) is 0 Å². The van der Waals surface area contributed by atoms with Gasteiger partial charge in [0.2, 0.25) is 5.91 Å². The highest BCUT2D eigenvalue weighted by molar-refractivity contribution is 6.21. The van der Waals surface area contributed by atoms with Gasteiger partial charge in [0.05, 0.1) is 39.6 Å². The lowest BCUT2D eigenvalue weighted by molar-refractivity contribution is -0.143. The molecule has 2 aliphatic heterocycles. The Morgan fingerprint density at radius 3 is 1.96 bits per heavy atom. The van der Waals surface area contributed by atoms with Gasteiger partial charge in [0, 0.05) is 31.7 Å². The van der Waals surface area contributed by atoms with Crippen molar-refractivity contribution in [3.05, 3.63) is 112 Å². The first-order valence-corrected chi connectivity index (χ1v) is 16.4. The number of hydrogen-bond donors (Lipinski definition) is 0. The van der Waals surface area contributed by atoms with Gasteiger partial charge in [0.1, 0.15) is 11.6 Å². The summed E-state index contributed by atoms with van der Waals surface area (Å²) in [6.45, 7) is 4.72. The number of amides is 3. The number of pyridine rings is 1. The van der Waals surface area contributed by atoms with Gasteiger partial charge in [-0.25, -0.2) is 9.37 Å². The van der Waals surface area contributed by atoms with Crippen molar-refractivity contribution in [3.63, 3.8) is 0 Å². The number of anilines is 2. The summed E-state index contributed by atoms with van der Waals surface area (Å²) >= 11 is 0. The fourth-order valence-electron chi connectivity index (χ4n) is 6.92. The van der Waals surface area contributed by atoms with E-state index >= 15 is 0 Å². The first-order valence-electron chi connectivity index (χ1n) is 16.4. The van der Waals surface area contributed by atoms with Crippen LogP contribution in [0.4, 0.5) is 42.2 Å². The highest BCUT2D eigenvalue weighted by Crippen LogP contribution is 2.42. The number of carbonyl (C=O) groups is 3. The normalized spacial score (nSPS) is 16.5. The molecule has 1 saturated heterocycles. The molecule has 0 radical (unpaired) electrons. The van der Waals surface area contributed by atoms with E-state index in [1.807, 2.05) is 4.90 Å². The number of imide groups is 1. The van der Waals surface area contributed by atoms with E-state index in [0.29, 0.717) is 65.2 Å². The molecule has 3 amide bonds. The van der Waals surface area contributed by atoms with Crippen molar-refractivity contribution in [2.45, 2.75) is 57.4 Å². The van der Waals surface area contributed by atoms with Crippen LogP contribution in [0.2, 0.25) is 0 Å². The molecule has 6 rings (SSSR count). The molecule has 2 aliphatic rings. The Hall–Kier alpha value is -5.27. The van der Waals surface area contributed by atoms with E-state index in [9.17, 15) is 45.1 Å². The minimum Gasteiger partial charge on any atom is -0.352 e. The highest BCUT2D eigenvalue weighted by atomic mass is 19.4. The molecule has 0 spiro atoms. The predicted molar refractivity (Wildman–Crippen MR) is 179 cm³/mol. The van der Waals surface area contributed by atoms with E-state index in [0.717, 1.165) is 4.90 Å². The quantitative estimate of drug-likeness (QED) is 0.141. The number of halogens is 7. The van der Waals surface area contributed by atoms with Crippen LogP contribution in [-0.2, 0) is 22.6 Å². The number of aryl methyl sites for hydroxylation is 1. The maximum Gasteiger partial charge on any atom is 0.416 e. The molecule has 1 fully saturated rings. The van der Waals surface area contributed by atoms with Crippen LogP contribution < -0.4 is 9.80 Å². The molecule has 7 nitrogen and oxygen atoms in total. The SMILES string of the molecule is Cc1cc(F)ccc1-c1cc(N2CCCC2CN2C(=O)c3ccccc3C2=O)ncc1N(C)C(=O)C(C)(C)c1cc(C(F)(F)F)cc(C(F)(F)F)c1. The molecule has 14 heteroatoms. The summed E-state index contributed by atoms with van der Waals surface area (Å²) in [6, 6.07) is 13.0. The molecule has 0 bridgehead atoms. The average Bonchev–Trinajstić information content (AvgIpc) is 3.65. The molecule has 3 heterocycles. The number of alkyl halides is 6. The second-order valence-corrected chi connectivity index (χ2v) is 13.6. The Labute approximate surface area is 294 Å². The first-order chi connectivity index (χ1) is 24.3. The van der Waals surface area contributed by atoms with Crippen molar-refractivity contribution in [1.29, 1.82) is 0 Å². The van der Waals surface area contributed by atoms with Gasteiger partial charge in [-0.05, 0) is 98.8 Å². The van der Waals surface area contributed by atoms with Crippen molar-refractivity contribution < 1.29 is 45.1 Å². The number of likely N-dealkylation sites (N-methyl/N-ethyl adjacent to an activating group) is 1. The Kier molecular flexibility index (Phi) is 9.17. The Morgan fingerprint density at radius 2 is 1.40 bits per heavy atom. The van der Waals surface area contributed by atoms with Gasteiger partial charge in [-0.2, -0.15) is 26.3 Å². The molecular formula is C38H33F7N4O3. The molecule has 0 saturated carbocycles. The summed E-state index contributed by atoms with van der Waals surface area (Å²) in [4.78, 5) is 49.3. The van der Waals surface area contributed by atoms with E-state index in [2.05, 4.69) is 4.98 Å². The molecule has 0 N–H and O–H groups in total. The third-order valence-electron chi connectivity index (χ3n) is 9.80. The fraction of sp³-hybridized carbons (Fsp3) is 0.316. The smallest absolute Gasteiger partial charge is 0.352 e. The monoisotopic (exact) mass is 726 g/mol. The van der Waals surface area contributed by atoms with Crippen LogP contribution in [0.1, 0.15) is 69.7 Å². The molecule has 52 heavy (non-hydrogen) atoms. The largest absolute Gasteiger partial charge is 0.416 e. The van der Waals surface area contributed by atoms with E-state index in [-0.39, 0.29) is 24.3 Å². The maximum atomic E-state index is 14.3. The highest BCUT2D eigenvalue weighted by Gasteiger charge is 2.42. The Bertz CT molecular complexity index is 2030. The lowest BCUT2D eigenvalue weighted by atomic mass is 9.81. The van der Waals surface area contributed by atoms with Gasteiger partial charge in [0.25, 0.3) is 11.8 Å². The lowest BCUT2D eigenvalue weighted by Gasteiger charge is -2.33. The topological polar surface area (TPSA) is 73.8 Å². The third kappa shape index (κ3) is 6.61. The molecule has 0 aliphatic carbocycles. The van der Waals surface area contributed by atoms with E-state index in [1.165, 1.54) is 50.2 Å². The molecule has 1 atom stereocenters. The van der Waals surface area contributed by atoms with Crippen LogP contribution >= 0.6 is 0 Å². The molecule has 4 aromatic rings. The maximum absolute atomic E-state index is 14.3. The van der Waals surface area contributed by atoms with Gasteiger partial charge < -0.3 is 9.80 Å². The van der Waals surface area contributed by atoms with Crippen LogP contribution in [0.25, 0.3) is 11.1 Å². The lowest BCUT2D eigenvalue weighted by Crippen LogP contribution is -2.43. The minimum atomic E-state index is -5.11. The Balaban J connectivity index is 1.38. The van der Waals surface area contributed by atoms with E-state index < -0.39 is 58.0 Å². The zero-order valence-corrected chi connectivity index (χ0v) is 28.5. The first kappa shape index (κ1) is 36.5. The van der Waals surface area contributed by atoms with Gasteiger partial charge in [-0.3, -0.25) is 19.3 Å². The van der Waals surface area contributed by atoms with Gasteiger partial charge in [-0.15, -0.1) is 0 Å². The van der Waals surface area contributed by atoms with Crippen LogP contribution in [0.5, 0.6) is 0 Å². The standard InChI is InChI=1S/C38H33F7N4O3/c1-21-14-25(39)11-12-27(21)30-18-32(48-13-7-8-26(48)20-49-33(50)28-9-5-6-10-29(28)34(49)51)46-19-31(30)47(4)35(52)36(2,3)22-15-23(37(40,41)42)17-24(16-22)38(43,44)45/h5-6,9-12,14-19,26H,7-8,13,20H2,1-4H3.